The van der Waals surface area contributed by atoms with E-state index in [2.05, 4.69) is 58.3 Å². The van der Waals surface area contributed by atoms with Crippen LogP contribution in [0.2, 0.25) is 0 Å². The summed E-state index contributed by atoms with van der Waals surface area (Å²) < 4.78 is 0. The highest BCUT2D eigenvalue weighted by Gasteiger charge is 2.18. The molecule has 1 aliphatic heterocycles. The van der Waals surface area contributed by atoms with E-state index >= 15 is 0 Å². The number of carbonyl (C=O) groups is 1. The van der Waals surface area contributed by atoms with Crippen LogP contribution in [0.15, 0.2) is 79.4 Å². The zero-order valence-corrected chi connectivity index (χ0v) is 22.7. The Morgan fingerprint density at radius 3 is 2.56 bits per heavy atom. The zero-order valence-electron chi connectivity index (χ0n) is 22.7. The number of nitrogens with one attached hydrogen (secondary N) is 2. The van der Waals surface area contributed by atoms with E-state index in [9.17, 15) is 4.79 Å². The first-order valence-corrected chi connectivity index (χ1v) is 13.5. The summed E-state index contributed by atoms with van der Waals surface area (Å²) in [6.07, 6.45) is 8.16. The number of anilines is 5. The van der Waals surface area contributed by atoms with Gasteiger partial charge in [0.2, 0.25) is 5.91 Å². The number of carbonyl (C=O) groups excluding carboxylic acids is 1. The molecule has 1 fully saturated rings. The molecule has 0 spiro atoms. The van der Waals surface area contributed by atoms with E-state index in [1.807, 2.05) is 37.3 Å². The summed E-state index contributed by atoms with van der Waals surface area (Å²) in [4.78, 5) is 42.4. The fraction of sp³-hybridized carbons (Fsp3) is 0.161. The normalized spacial score (nSPS) is 12.9. The van der Waals surface area contributed by atoms with E-state index in [-0.39, 0.29) is 5.91 Å². The molecule has 41 heavy (non-hydrogen) atoms. The van der Waals surface area contributed by atoms with Gasteiger partial charge in [-0.1, -0.05) is 0 Å². The Bertz CT molecular complexity index is 1910. The lowest BCUT2D eigenvalue weighted by Crippen LogP contribution is -2.36. The molecule has 0 bridgehead atoms. The van der Waals surface area contributed by atoms with Crippen molar-refractivity contribution in [2.45, 2.75) is 20.3 Å². The molecule has 0 saturated carbocycles. The number of fused-ring (bicyclic) bond motifs is 2. The van der Waals surface area contributed by atoms with E-state index in [0.29, 0.717) is 17.2 Å². The molecule has 1 saturated heterocycles. The highest BCUT2D eigenvalue weighted by atomic mass is 16.2. The largest absolute Gasteiger partial charge is 0.371 e. The molecule has 1 aliphatic rings. The van der Waals surface area contributed by atoms with Crippen LogP contribution in [0.1, 0.15) is 19.0 Å². The number of aryl methyl sites for hydroxylation is 1. The topological polar surface area (TPSA) is 116 Å². The van der Waals surface area contributed by atoms with Gasteiger partial charge in [0.1, 0.15) is 11.6 Å². The van der Waals surface area contributed by atoms with Crippen LogP contribution in [-0.4, -0.2) is 48.9 Å². The molecule has 5 aromatic heterocycles. The van der Waals surface area contributed by atoms with Gasteiger partial charge in [-0.25, -0.2) is 15.0 Å². The summed E-state index contributed by atoms with van der Waals surface area (Å²) in [5, 5.41) is 4.51. The summed E-state index contributed by atoms with van der Waals surface area (Å²) in [5.41, 5.74) is 7.41. The maximum atomic E-state index is 12.5. The van der Waals surface area contributed by atoms with Crippen molar-refractivity contribution in [3.8, 4) is 11.4 Å². The van der Waals surface area contributed by atoms with Crippen LogP contribution >= 0.6 is 0 Å². The van der Waals surface area contributed by atoms with Crippen molar-refractivity contribution >= 4 is 56.5 Å². The first-order valence-electron chi connectivity index (χ1n) is 13.5. The predicted octanol–water partition coefficient (Wildman–Crippen LogP) is 5.91. The molecule has 10 heteroatoms. The minimum absolute atomic E-state index is 0.123. The van der Waals surface area contributed by atoms with Gasteiger partial charge in [-0.3, -0.25) is 19.7 Å². The molecule has 0 unspecified atom stereocenters. The number of imidazole rings is 1. The first-order chi connectivity index (χ1) is 20.0. The lowest BCUT2D eigenvalue weighted by atomic mass is 10.1. The summed E-state index contributed by atoms with van der Waals surface area (Å²) in [5.74, 6) is 1.24. The Labute approximate surface area is 236 Å². The number of H-pyrrole nitrogens is 1. The monoisotopic (exact) mass is 541 g/mol. The Kier molecular flexibility index (Phi) is 6.00. The molecular formula is C31H27N9O. The van der Waals surface area contributed by atoms with Crippen LogP contribution < -0.4 is 15.1 Å². The number of hydrogen-bond acceptors (Lipinski definition) is 8. The number of benzene rings is 1. The summed E-state index contributed by atoms with van der Waals surface area (Å²) in [7, 11) is 0. The molecular weight excluding hydrogens is 514 g/mol. The molecule has 0 aliphatic carbocycles. The first kappa shape index (κ1) is 24.6. The number of hydrogen-bond donors (Lipinski definition) is 2. The van der Waals surface area contributed by atoms with Crippen LogP contribution in [0.25, 0.3) is 33.5 Å². The van der Waals surface area contributed by atoms with Crippen LogP contribution in [-0.2, 0) is 4.79 Å². The number of aromatic nitrogens is 6. The van der Waals surface area contributed by atoms with E-state index in [1.54, 1.807) is 35.8 Å². The number of amides is 1. The van der Waals surface area contributed by atoms with Gasteiger partial charge in [-0.05, 0) is 67.9 Å². The lowest BCUT2D eigenvalue weighted by molar-refractivity contribution is -0.115. The van der Waals surface area contributed by atoms with Gasteiger partial charge in [0, 0.05) is 60.9 Å². The Morgan fingerprint density at radius 2 is 1.80 bits per heavy atom. The Morgan fingerprint density at radius 1 is 0.927 bits per heavy atom. The Balaban J connectivity index is 1.15. The molecule has 7 rings (SSSR count). The second kappa shape index (κ2) is 9.98. The molecule has 0 atom stereocenters. The number of aromatic amines is 1. The minimum atomic E-state index is -0.123. The van der Waals surface area contributed by atoms with Crippen molar-refractivity contribution in [2.75, 3.05) is 28.2 Å². The van der Waals surface area contributed by atoms with E-state index in [0.717, 1.165) is 58.0 Å². The molecule has 2 N–H and O–H groups in total. The molecule has 10 nitrogen and oxygen atoms in total. The molecule has 1 aromatic carbocycles. The van der Waals surface area contributed by atoms with Crippen molar-refractivity contribution in [2.24, 2.45) is 0 Å². The SMILES string of the molecule is CC(=O)N(c1ccnc(C)c1)c1cnc2nc(-c3ccc(Nc4ccnc5ccc(N6CCC6)cc45)nc3)[nH]c2c1. The third-order valence-electron chi connectivity index (χ3n) is 7.28. The van der Waals surface area contributed by atoms with Gasteiger partial charge in [-0.2, -0.15) is 0 Å². The molecule has 6 heterocycles. The fourth-order valence-electron chi connectivity index (χ4n) is 5.09. The van der Waals surface area contributed by atoms with Crippen molar-refractivity contribution in [1.82, 2.24) is 29.9 Å². The van der Waals surface area contributed by atoms with Crippen molar-refractivity contribution in [3.05, 3.63) is 85.1 Å². The lowest BCUT2D eigenvalue weighted by Gasteiger charge is -2.33. The fourth-order valence-corrected chi connectivity index (χ4v) is 5.09. The van der Waals surface area contributed by atoms with Gasteiger partial charge in [0.15, 0.2) is 5.65 Å². The van der Waals surface area contributed by atoms with Gasteiger partial charge in [-0.15, -0.1) is 0 Å². The average Bonchev–Trinajstić information content (AvgIpc) is 3.36. The van der Waals surface area contributed by atoms with Crippen molar-refractivity contribution in [1.29, 1.82) is 0 Å². The zero-order chi connectivity index (χ0) is 27.9. The Hall–Kier alpha value is -5.38. The van der Waals surface area contributed by atoms with Crippen LogP contribution in [0, 0.1) is 6.92 Å². The maximum absolute atomic E-state index is 12.5. The highest BCUT2D eigenvalue weighted by molar-refractivity contribution is 6.00. The van der Waals surface area contributed by atoms with Gasteiger partial charge < -0.3 is 15.2 Å². The third kappa shape index (κ3) is 4.69. The number of nitrogens with zero attached hydrogens (tertiary/aromatic N) is 7. The molecule has 1 amide bonds. The van der Waals surface area contributed by atoms with Crippen LogP contribution in [0.5, 0.6) is 0 Å². The summed E-state index contributed by atoms with van der Waals surface area (Å²) in [6, 6.07) is 17.8. The van der Waals surface area contributed by atoms with E-state index < -0.39 is 0 Å². The average molecular weight is 542 g/mol. The van der Waals surface area contributed by atoms with Crippen LogP contribution in [0.4, 0.5) is 28.6 Å². The molecule has 6 aromatic rings. The smallest absolute Gasteiger partial charge is 0.228 e. The molecule has 202 valence electrons. The van der Waals surface area contributed by atoms with Gasteiger partial charge in [0.25, 0.3) is 0 Å². The number of rotatable bonds is 6. The second-order valence-electron chi connectivity index (χ2n) is 10.1. The van der Waals surface area contributed by atoms with Gasteiger partial charge >= 0.3 is 0 Å². The van der Waals surface area contributed by atoms with E-state index in [4.69, 9.17) is 0 Å². The summed E-state index contributed by atoms with van der Waals surface area (Å²) in [6.45, 7) is 5.60. The molecule has 0 radical (unpaired) electrons. The summed E-state index contributed by atoms with van der Waals surface area (Å²) >= 11 is 0. The minimum Gasteiger partial charge on any atom is -0.371 e. The van der Waals surface area contributed by atoms with Gasteiger partial charge in [0.05, 0.1) is 34.3 Å². The quantitative estimate of drug-likeness (QED) is 0.267. The third-order valence-corrected chi connectivity index (χ3v) is 7.28. The van der Waals surface area contributed by atoms with E-state index in [1.165, 1.54) is 19.0 Å². The van der Waals surface area contributed by atoms with Crippen molar-refractivity contribution < 1.29 is 4.79 Å². The number of pyridine rings is 4. The highest BCUT2D eigenvalue weighted by Crippen LogP contribution is 2.31. The maximum Gasteiger partial charge on any atom is 0.228 e. The second-order valence-corrected chi connectivity index (χ2v) is 10.1. The van der Waals surface area contributed by atoms with Crippen molar-refractivity contribution in [3.63, 3.8) is 0 Å². The van der Waals surface area contributed by atoms with Crippen LogP contribution in [0.3, 0.4) is 0 Å². The standard InChI is InChI=1S/C31H27N9O/c1-19-14-23(8-10-32-19)40(20(2)41)24-16-28-31(35-18-24)38-30(37-28)21-4-7-29(34-17-21)36-27-9-11-33-26-6-5-22(15-25(26)27)39-12-3-13-39/h4-11,14-18H,3,12-13H2,1-2H3,(H,33,34,36)(H,35,37,38). The predicted molar refractivity (Wildman–Crippen MR) is 161 cm³/mol.